The Morgan fingerprint density at radius 1 is 1.04 bits per heavy atom. The molecule has 1 unspecified atom stereocenters. The molecule has 0 saturated carbocycles. The molecule has 4 rings (SSSR count). The monoisotopic (exact) mass is 323 g/mol. The van der Waals surface area contributed by atoms with Crippen molar-refractivity contribution in [1.29, 1.82) is 0 Å². The fourth-order valence-corrected chi connectivity index (χ4v) is 3.36. The first-order valence-corrected chi connectivity index (χ1v) is 7.90. The van der Waals surface area contributed by atoms with Crippen LogP contribution in [0.2, 0.25) is 0 Å². The minimum atomic E-state index is -0.495. The molecule has 0 aromatic heterocycles. The number of rotatable bonds is 3. The lowest BCUT2D eigenvalue weighted by molar-refractivity contribution is -0.140. The topological polar surface area (TPSA) is 55.6 Å². The van der Waals surface area contributed by atoms with Crippen molar-refractivity contribution in [1.82, 2.24) is 4.90 Å². The van der Waals surface area contributed by atoms with Crippen LogP contribution in [0.5, 0.6) is 0 Å². The maximum Gasteiger partial charge on any atom is 0.410 e. The van der Waals surface area contributed by atoms with Crippen molar-refractivity contribution >= 4 is 12.1 Å². The van der Waals surface area contributed by atoms with Crippen LogP contribution in [0.1, 0.15) is 17.0 Å². The molecule has 1 heterocycles. The van der Waals surface area contributed by atoms with Gasteiger partial charge in [0.05, 0.1) is 13.7 Å². The van der Waals surface area contributed by atoms with Crippen LogP contribution in [-0.4, -0.2) is 43.3 Å². The molecule has 0 bridgehead atoms. The third kappa shape index (κ3) is 2.33. The number of ether oxygens (including phenoxy) is 2. The Morgan fingerprint density at radius 3 is 2.21 bits per heavy atom. The predicted octanol–water partition coefficient (Wildman–Crippen LogP) is 2.79. The highest BCUT2D eigenvalue weighted by Crippen LogP contribution is 2.44. The van der Waals surface area contributed by atoms with Crippen molar-refractivity contribution < 1.29 is 19.1 Å². The Labute approximate surface area is 139 Å². The van der Waals surface area contributed by atoms with E-state index < -0.39 is 18.1 Å². The van der Waals surface area contributed by atoms with Gasteiger partial charge >= 0.3 is 12.1 Å². The summed E-state index contributed by atoms with van der Waals surface area (Å²) in [5.41, 5.74) is 4.71. The summed E-state index contributed by atoms with van der Waals surface area (Å²) >= 11 is 0. The van der Waals surface area contributed by atoms with Gasteiger partial charge in [-0.05, 0) is 22.3 Å². The number of esters is 1. The number of carbonyl (C=O) groups is 2. The molecule has 1 aliphatic carbocycles. The highest BCUT2D eigenvalue weighted by Gasteiger charge is 2.46. The average molecular weight is 323 g/mol. The largest absolute Gasteiger partial charge is 0.467 e. The molecule has 2 aliphatic rings. The Balaban J connectivity index is 1.49. The van der Waals surface area contributed by atoms with Crippen molar-refractivity contribution in [3.8, 4) is 11.1 Å². The number of amides is 1. The SMILES string of the molecule is COC(=O)C1CN1C(=O)OCC1c2ccccc2-c2ccccc21. The summed E-state index contributed by atoms with van der Waals surface area (Å²) in [4.78, 5) is 24.9. The van der Waals surface area contributed by atoms with Crippen LogP contribution in [0.3, 0.4) is 0 Å². The summed E-state index contributed by atoms with van der Waals surface area (Å²) < 4.78 is 10.1. The molecule has 0 spiro atoms. The molecule has 122 valence electrons. The van der Waals surface area contributed by atoms with E-state index in [9.17, 15) is 9.59 Å². The maximum atomic E-state index is 12.1. The number of methoxy groups -OCH3 is 1. The van der Waals surface area contributed by atoms with Gasteiger partial charge in [0.15, 0.2) is 6.04 Å². The lowest BCUT2D eigenvalue weighted by Gasteiger charge is -2.14. The number of carbonyl (C=O) groups excluding carboxylic acids is 2. The molecule has 5 heteroatoms. The summed E-state index contributed by atoms with van der Waals surface area (Å²) in [5.74, 6) is -0.374. The summed E-state index contributed by atoms with van der Waals surface area (Å²) in [6.07, 6.45) is -0.465. The standard InChI is InChI=1S/C19H17NO4/c1-23-18(21)17-10-20(17)19(22)24-11-16-14-8-4-2-6-12(14)13-7-3-5-9-15(13)16/h2-9,16-17H,10-11H2,1H3. The summed E-state index contributed by atoms with van der Waals surface area (Å²) in [6.45, 7) is 0.626. The van der Waals surface area contributed by atoms with Gasteiger partial charge in [0, 0.05) is 5.92 Å². The van der Waals surface area contributed by atoms with Crippen LogP contribution < -0.4 is 0 Å². The molecule has 1 aliphatic heterocycles. The number of benzene rings is 2. The van der Waals surface area contributed by atoms with E-state index in [1.165, 1.54) is 34.3 Å². The van der Waals surface area contributed by atoms with Gasteiger partial charge in [-0.15, -0.1) is 0 Å². The minimum Gasteiger partial charge on any atom is -0.467 e. The molecule has 0 radical (unpaired) electrons. The van der Waals surface area contributed by atoms with Crippen LogP contribution in [0.25, 0.3) is 11.1 Å². The van der Waals surface area contributed by atoms with Crippen LogP contribution in [0, 0.1) is 0 Å². The van der Waals surface area contributed by atoms with Crippen LogP contribution in [-0.2, 0) is 14.3 Å². The number of hydrogen-bond donors (Lipinski definition) is 0. The fourth-order valence-electron chi connectivity index (χ4n) is 3.36. The summed E-state index contributed by atoms with van der Waals surface area (Å²) in [7, 11) is 1.32. The average Bonchev–Trinajstić information content (AvgIpc) is 3.37. The van der Waals surface area contributed by atoms with Crippen LogP contribution in [0.4, 0.5) is 4.79 Å². The van der Waals surface area contributed by atoms with Crippen LogP contribution >= 0.6 is 0 Å². The van der Waals surface area contributed by atoms with Crippen LogP contribution in [0.15, 0.2) is 48.5 Å². The molecule has 1 atom stereocenters. The highest BCUT2D eigenvalue weighted by atomic mass is 16.6. The number of hydrogen-bond acceptors (Lipinski definition) is 4. The molecule has 2 aromatic rings. The lowest BCUT2D eigenvalue weighted by atomic mass is 9.98. The van der Waals surface area contributed by atoms with Crippen molar-refractivity contribution in [3.63, 3.8) is 0 Å². The van der Waals surface area contributed by atoms with E-state index >= 15 is 0 Å². The molecular weight excluding hydrogens is 306 g/mol. The lowest BCUT2D eigenvalue weighted by Crippen LogP contribution is -2.22. The van der Waals surface area contributed by atoms with E-state index in [4.69, 9.17) is 4.74 Å². The van der Waals surface area contributed by atoms with Gasteiger partial charge in [0.25, 0.3) is 0 Å². The second-order valence-corrected chi connectivity index (χ2v) is 6.00. The molecule has 1 amide bonds. The second kappa shape index (κ2) is 5.67. The van der Waals surface area contributed by atoms with Crippen molar-refractivity contribution in [2.45, 2.75) is 12.0 Å². The Hall–Kier alpha value is -2.82. The van der Waals surface area contributed by atoms with Gasteiger partial charge in [0.2, 0.25) is 0 Å². The quantitative estimate of drug-likeness (QED) is 0.644. The molecule has 1 saturated heterocycles. The minimum absolute atomic E-state index is 0.0258. The van der Waals surface area contributed by atoms with Gasteiger partial charge in [-0.3, -0.25) is 4.90 Å². The Morgan fingerprint density at radius 2 is 1.62 bits per heavy atom. The first-order valence-electron chi connectivity index (χ1n) is 7.90. The van der Waals surface area contributed by atoms with E-state index in [0.717, 1.165) is 0 Å². The zero-order chi connectivity index (χ0) is 16.7. The molecule has 1 fully saturated rings. The van der Waals surface area contributed by atoms with E-state index in [-0.39, 0.29) is 12.5 Å². The van der Waals surface area contributed by atoms with Crippen molar-refractivity contribution in [2.75, 3.05) is 20.3 Å². The molecule has 5 nitrogen and oxygen atoms in total. The maximum absolute atomic E-state index is 12.1. The zero-order valence-electron chi connectivity index (χ0n) is 13.3. The van der Waals surface area contributed by atoms with Gasteiger partial charge in [-0.2, -0.15) is 0 Å². The third-order valence-corrected chi connectivity index (χ3v) is 4.66. The van der Waals surface area contributed by atoms with E-state index in [2.05, 4.69) is 29.0 Å². The first kappa shape index (κ1) is 14.8. The number of nitrogens with zero attached hydrogens (tertiary/aromatic N) is 1. The fraction of sp³-hybridized carbons (Fsp3) is 0.263. The molecule has 0 N–H and O–H groups in total. The van der Waals surface area contributed by atoms with Gasteiger partial charge in [0.1, 0.15) is 6.61 Å². The van der Waals surface area contributed by atoms with E-state index in [1.807, 2.05) is 24.3 Å². The molecule has 2 aromatic carbocycles. The zero-order valence-corrected chi connectivity index (χ0v) is 13.3. The number of fused-ring (bicyclic) bond motifs is 3. The van der Waals surface area contributed by atoms with Crippen molar-refractivity contribution in [3.05, 3.63) is 59.7 Å². The third-order valence-electron chi connectivity index (χ3n) is 4.66. The van der Waals surface area contributed by atoms with Crippen molar-refractivity contribution in [2.24, 2.45) is 0 Å². The van der Waals surface area contributed by atoms with Gasteiger partial charge < -0.3 is 9.47 Å². The molecular formula is C19H17NO4. The summed E-state index contributed by atoms with van der Waals surface area (Å²) in [6, 6.07) is 15.9. The highest BCUT2D eigenvalue weighted by molar-refractivity contribution is 5.87. The van der Waals surface area contributed by atoms with E-state index in [1.54, 1.807) is 0 Å². The Bertz CT molecular complexity index is 771. The smallest absolute Gasteiger partial charge is 0.410 e. The Kier molecular flexibility index (Phi) is 3.49. The molecule has 24 heavy (non-hydrogen) atoms. The predicted molar refractivity (Wildman–Crippen MR) is 87.6 cm³/mol. The van der Waals surface area contributed by atoms with Gasteiger partial charge in [-0.25, -0.2) is 9.59 Å². The summed E-state index contributed by atoms with van der Waals surface area (Å²) in [5, 5.41) is 0. The normalized spacial score (nSPS) is 17.9. The first-order chi connectivity index (χ1) is 11.7. The van der Waals surface area contributed by atoms with E-state index in [0.29, 0.717) is 6.54 Å². The van der Waals surface area contributed by atoms with Gasteiger partial charge in [-0.1, -0.05) is 48.5 Å². The second-order valence-electron chi connectivity index (χ2n) is 6.00.